The molecule has 1 N–H and O–H groups in total. The van der Waals surface area contributed by atoms with E-state index in [1.807, 2.05) is 25.1 Å². The zero-order valence-corrected chi connectivity index (χ0v) is 14.2. The summed E-state index contributed by atoms with van der Waals surface area (Å²) in [6.45, 7) is 2.72. The summed E-state index contributed by atoms with van der Waals surface area (Å²) in [5.41, 5.74) is 1.56. The lowest BCUT2D eigenvalue weighted by atomic mass is 9.98. The minimum atomic E-state index is -0.867. The smallest absolute Gasteiger partial charge is 0.308 e. The molecule has 2 rings (SSSR count). The highest BCUT2D eigenvalue weighted by Gasteiger charge is 2.29. The van der Waals surface area contributed by atoms with E-state index in [1.165, 1.54) is 4.90 Å². The summed E-state index contributed by atoms with van der Waals surface area (Å²) in [4.78, 5) is 39.0. The van der Waals surface area contributed by atoms with Gasteiger partial charge in [-0.25, -0.2) is 0 Å². The molecular formula is C18H24N2O4. The van der Waals surface area contributed by atoms with Crippen LogP contribution in [0.5, 0.6) is 0 Å². The number of hydrogen-bond acceptors (Lipinski definition) is 3. The zero-order valence-electron chi connectivity index (χ0n) is 14.2. The second-order valence-corrected chi connectivity index (χ2v) is 6.19. The molecule has 0 aromatic heterocycles. The number of carbonyl (C=O) groups is 3. The van der Waals surface area contributed by atoms with E-state index in [1.54, 1.807) is 18.0 Å². The first-order valence-corrected chi connectivity index (χ1v) is 8.28. The van der Waals surface area contributed by atoms with Gasteiger partial charge in [0.15, 0.2) is 0 Å². The van der Waals surface area contributed by atoms with E-state index in [0.717, 1.165) is 12.0 Å². The number of benzene rings is 1. The summed E-state index contributed by atoms with van der Waals surface area (Å²) in [6, 6.07) is 7.37. The molecule has 1 atom stereocenters. The van der Waals surface area contributed by atoms with Crippen molar-refractivity contribution in [3.05, 3.63) is 35.4 Å². The maximum atomic E-state index is 12.6. The molecule has 0 saturated carbocycles. The third kappa shape index (κ3) is 4.13. The molecule has 0 radical (unpaired) electrons. The monoisotopic (exact) mass is 332 g/mol. The van der Waals surface area contributed by atoms with Crippen molar-refractivity contribution < 1.29 is 19.5 Å². The number of aryl methyl sites for hydroxylation is 1. The number of hydrogen-bond donors (Lipinski definition) is 1. The normalized spacial score (nSPS) is 17.4. The van der Waals surface area contributed by atoms with Crippen LogP contribution in [0.25, 0.3) is 0 Å². The number of piperidine rings is 1. The van der Waals surface area contributed by atoms with Gasteiger partial charge in [-0.2, -0.15) is 0 Å². The molecule has 6 heteroatoms. The second kappa shape index (κ2) is 7.95. The second-order valence-electron chi connectivity index (χ2n) is 6.19. The van der Waals surface area contributed by atoms with Crippen molar-refractivity contribution in [1.29, 1.82) is 0 Å². The lowest BCUT2D eigenvalue weighted by Crippen LogP contribution is -2.47. The average Bonchev–Trinajstić information content (AvgIpc) is 2.60. The fourth-order valence-corrected chi connectivity index (χ4v) is 3.02. The Morgan fingerprint density at radius 2 is 2.00 bits per heavy atom. The van der Waals surface area contributed by atoms with Gasteiger partial charge in [-0.3, -0.25) is 14.4 Å². The molecule has 2 amide bonds. The van der Waals surface area contributed by atoms with Crippen molar-refractivity contribution in [2.45, 2.75) is 26.2 Å². The fourth-order valence-electron chi connectivity index (χ4n) is 3.02. The molecule has 6 nitrogen and oxygen atoms in total. The summed E-state index contributed by atoms with van der Waals surface area (Å²) in [7, 11) is 1.60. The van der Waals surface area contributed by atoms with Gasteiger partial charge in [0.2, 0.25) is 5.91 Å². The summed E-state index contributed by atoms with van der Waals surface area (Å²) in [5.74, 6) is -1.77. The maximum absolute atomic E-state index is 12.6. The molecule has 1 aliphatic heterocycles. The molecule has 0 spiro atoms. The van der Waals surface area contributed by atoms with Crippen LogP contribution in [0.2, 0.25) is 0 Å². The van der Waals surface area contributed by atoms with Gasteiger partial charge >= 0.3 is 5.97 Å². The topological polar surface area (TPSA) is 77.9 Å². The molecule has 24 heavy (non-hydrogen) atoms. The van der Waals surface area contributed by atoms with Crippen molar-refractivity contribution in [3.8, 4) is 0 Å². The zero-order chi connectivity index (χ0) is 17.7. The predicted octanol–water partition coefficient (Wildman–Crippen LogP) is 1.64. The Morgan fingerprint density at radius 3 is 2.67 bits per heavy atom. The number of carboxylic acids is 1. The van der Waals surface area contributed by atoms with Crippen LogP contribution in [0.3, 0.4) is 0 Å². The van der Waals surface area contributed by atoms with Crippen LogP contribution in [-0.4, -0.2) is 59.4 Å². The Labute approximate surface area is 142 Å². The van der Waals surface area contributed by atoms with E-state index in [9.17, 15) is 14.4 Å². The van der Waals surface area contributed by atoms with Gasteiger partial charge in [0.25, 0.3) is 5.91 Å². The largest absolute Gasteiger partial charge is 0.481 e. The first-order valence-electron chi connectivity index (χ1n) is 8.28. The number of nitrogens with zero attached hydrogens (tertiary/aromatic N) is 2. The van der Waals surface area contributed by atoms with Crippen molar-refractivity contribution in [1.82, 2.24) is 9.80 Å². The van der Waals surface area contributed by atoms with Crippen LogP contribution in [0.15, 0.2) is 24.3 Å². The summed E-state index contributed by atoms with van der Waals surface area (Å²) in [5, 5.41) is 9.11. The Balaban J connectivity index is 2.00. The number of aliphatic carboxylic acids is 1. The number of carboxylic acid groups (broad SMARTS) is 1. The highest BCUT2D eigenvalue weighted by molar-refractivity contribution is 5.97. The minimum Gasteiger partial charge on any atom is -0.481 e. The van der Waals surface area contributed by atoms with Crippen LogP contribution in [0, 0.1) is 5.92 Å². The minimum absolute atomic E-state index is 0.0385. The Morgan fingerprint density at radius 1 is 1.29 bits per heavy atom. The third-order valence-electron chi connectivity index (χ3n) is 4.47. The highest BCUT2D eigenvalue weighted by Crippen LogP contribution is 2.17. The van der Waals surface area contributed by atoms with E-state index in [4.69, 9.17) is 5.11 Å². The Bertz CT molecular complexity index is 629. The quantitative estimate of drug-likeness (QED) is 0.889. The van der Waals surface area contributed by atoms with Crippen LogP contribution in [-0.2, 0) is 16.0 Å². The standard InChI is InChI=1S/C18H24N2O4/c1-3-13-7-4-5-9-15(13)17(22)19(2)12-16(21)20-10-6-8-14(11-20)18(23)24/h4-5,7,9,14H,3,6,8,10-12H2,1-2H3,(H,23,24)/t14-/m1/s1. The molecular weight excluding hydrogens is 308 g/mol. The van der Waals surface area contributed by atoms with Crippen molar-refractivity contribution >= 4 is 17.8 Å². The van der Waals surface area contributed by atoms with Gasteiger partial charge in [-0.15, -0.1) is 0 Å². The first-order chi connectivity index (χ1) is 11.4. The number of rotatable bonds is 5. The Hall–Kier alpha value is -2.37. The molecule has 1 fully saturated rings. The van der Waals surface area contributed by atoms with Gasteiger partial charge in [0.1, 0.15) is 0 Å². The maximum Gasteiger partial charge on any atom is 0.308 e. The van der Waals surface area contributed by atoms with Crippen molar-refractivity contribution in [2.75, 3.05) is 26.7 Å². The van der Waals surface area contributed by atoms with Crippen LogP contribution in [0.1, 0.15) is 35.7 Å². The molecule has 130 valence electrons. The predicted molar refractivity (Wildman–Crippen MR) is 89.7 cm³/mol. The lowest BCUT2D eigenvalue weighted by Gasteiger charge is -2.32. The molecule has 0 unspecified atom stereocenters. The number of likely N-dealkylation sites (tertiary alicyclic amines) is 1. The number of amides is 2. The SMILES string of the molecule is CCc1ccccc1C(=O)N(C)CC(=O)N1CCC[C@@H](C(=O)O)C1. The van der Waals surface area contributed by atoms with Crippen molar-refractivity contribution in [3.63, 3.8) is 0 Å². The van der Waals surface area contributed by atoms with E-state index in [-0.39, 0.29) is 24.9 Å². The summed E-state index contributed by atoms with van der Waals surface area (Å²) in [6.07, 6.45) is 2.02. The van der Waals surface area contributed by atoms with Crippen molar-refractivity contribution in [2.24, 2.45) is 5.92 Å². The molecule has 1 aromatic carbocycles. The van der Waals surface area contributed by atoms with Gasteiger partial charge < -0.3 is 14.9 Å². The lowest BCUT2D eigenvalue weighted by molar-refractivity contribution is -0.145. The van der Waals surface area contributed by atoms with Gasteiger partial charge in [-0.05, 0) is 30.9 Å². The van der Waals surface area contributed by atoms with E-state index in [0.29, 0.717) is 24.9 Å². The van der Waals surface area contributed by atoms with E-state index >= 15 is 0 Å². The summed E-state index contributed by atoms with van der Waals surface area (Å²) >= 11 is 0. The van der Waals surface area contributed by atoms with E-state index in [2.05, 4.69) is 0 Å². The van der Waals surface area contributed by atoms with Crippen LogP contribution >= 0.6 is 0 Å². The van der Waals surface area contributed by atoms with Crippen LogP contribution < -0.4 is 0 Å². The fraction of sp³-hybridized carbons (Fsp3) is 0.500. The third-order valence-corrected chi connectivity index (χ3v) is 4.47. The highest BCUT2D eigenvalue weighted by atomic mass is 16.4. The molecule has 0 bridgehead atoms. The molecule has 0 aliphatic carbocycles. The number of likely N-dealkylation sites (N-methyl/N-ethyl adjacent to an activating group) is 1. The van der Waals surface area contributed by atoms with Gasteiger partial charge in [-0.1, -0.05) is 25.1 Å². The van der Waals surface area contributed by atoms with Gasteiger partial charge in [0.05, 0.1) is 12.5 Å². The summed E-state index contributed by atoms with van der Waals surface area (Å²) < 4.78 is 0. The van der Waals surface area contributed by atoms with Crippen LogP contribution in [0.4, 0.5) is 0 Å². The Kier molecular flexibility index (Phi) is 5.95. The first kappa shape index (κ1) is 18.0. The molecule has 1 heterocycles. The number of carbonyl (C=O) groups excluding carboxylic acids is 2. The van der Waals surface area contributed by atoms with E-state index < -0.39 is 11.9 Å². The van der Waals surface area contributed by atoms with Gasteiger partial charge in [0, 0.05) is 25.7 Å². The molecule has 1 aliphatic rings. The molecule has 1 aromatic rings. The molecule has 1 saturated heterocycles. The average molecular weight is 332 g/mol.